The SMILES string of the molecule is CC1CCc2c(sc(NC(=O)CSc3cccc(NC(=O)Cc4ccccc4)c3)c2C#N)C1. The monoisotopic (exact) mass is 475 g/mol. The molecule has 0 bridgehead atoms. The van der Waals surface area contributed by atoms with Crippen LogP contribution in [-0.4, -0.2) is 17.6 Å². The van der Waals surface area contributed by atoms with Gasteiger partial charge in [0.25, 0.3) is 0 Å². The van der Waals surface area contributed by atoms with Crippen molar-refractivity contribution in [2.75, 3.05) is 16.4 Å². The van der Waals surface area contributed by atoms with Crippen LogP contribution in [0.25, 0.3) is 0 Å². The van der Waals surface area contributed by atoms with E-state index < -0.39 is 0 Å². The minimum atomic E-state index is -0.137. The lowest BCUT2D eigenvalue weighted by atomic mass is 9.89. The minimum absolute atomic E-state index is 0.0823. The molecular formula is C26H25N3O2S2. The Morgan fingerprint density at radius 2 is 1.94 bits per heavy atom. The number of carbonyl (C=O) groups excluding carboxylic acids is 2. The number of nitrogens with one attached hydrogen (secondary N) is 2. The summed E-state index contributed by atoms with van der Waals surface area (Å²) in [6, 6.07) is 19.4. The van der Waals surface area contributed by atoms with E-state index in [1.807, 2.05) is 54.6 Å². The highest BCUT2D eigenvalue weighted by atomic mass is 32.2. The van der Waals surface area contributed by atoms with Crippen LogP contribution in [0.1, 0.15) is 34.9 Å². The predicted octanol–water partition coefficient (Wildman–Crippen LogP) is 5.66. The maximum atomic E-state index is 12.6. The van der Waals surface area contributed by atoms with Crippen molar-refractivity contribution in [1.29, 1.82) is 5.26 Å². The molecule has 7 heteroatoms. The topological polar surface area (TPSA) is 82.0 Å². The number of amides is 2. The van der Waals surface area contributed by atoms with Gasteiger partial charge >= 0.3 is 0 Å². The average Bonchev–Trinajstić information content (AvgIpc) is 3.14. The molecular weight excluding hydrogens is 450 g/mol. The molecule has 0 aliphatic heterocycles. The Hall–Kier alpha value is -3.08. The molecule has 1 unspecified atom stereocenters. The van der Waals surface area contributed by atoms with Gasteiger partial charge in [-0.25, -0.2) is 0 Å². The van der Waals surface area contributed by atoms with E-state index in [0.29, 0.717) is 28.6 Å². The van der Waals surface area contributed by atoms with Crippen molar-refractivity contribution in [2.24, 2.45) is 5.92 Å². The summed E-state index contributed by atoms with van der Waals surface area (Å²) in [5.41, 5.74) is 3.40. The lowest BCUT2D eigenvalue weighted by Gasteiger charge is -2.17. The zero-order chi connectivity index (χ0) is 23.2. The van der Waals surface area contributed by atoms with Crippen LogP contribution in [0.3, 0.4) is 0 Å². The second-order valence-electron chi connectivity index (χ2n) is 8.24. The molecule has 0 saturated heterocycles. The van der Waals surface area contributed by atoms with Crippen LogP contribution in [0, 0.1) is 17.2 Å². The van der Waals surface area contributed by atoms with E-state index in [4.69, 9.17) is 0 Å². The number of anilines is 2. The Bertz CT molecular complexity index is 1200. The summed E-state index contributed by atoms with van der Waals surface area (Å²) in [5.74, 6) is 0.621. The van der Waals surface area contributed by atoms with Crippen molar-refractivity contribution in [3.05, 3.63) is 76.2 Å². The fraction of sp³-hybridized carbons (Fsp3) is 0.269. The van der Waals surface area contributed by atoms with E-state index in [-0.39, 0.29) is 17.6 Å². The third-order valence-electron chi connectivity index (χ3n) is 5.57. The fourth-order valence-electron chi connectivity index (χ4n) is 3.92. The molecule has 1 atom stereocenters. The second-order valence-corrected chi connectivity index (χ2v) is 10.4. The van der Waals surface area contributed by atoms with Crippen LogP contribution < -0.4 is 10.6 Å². The largest absolute Gasteiger partial charge is 0.326 e. The van der Waals surface area contributed by atoms with Crippen molar-refractivity contribution in [1.82, 2.24) is 0 Å². The molecule has 3 aromatic rings. The molecule has 2 aromatic carbocycles. The number of thiophene rings is 1. The number of hydrogen-bond donors (Lipinski definition) is 2. The maximum Gasteiger partial charge on any atom is 0.235 e. The predicted molar refractivity (Wildman–Crippen MR) is 135 cm³/mol. The Morgan fingerprint density at radius 3 is 2.73 bits per heavy atom. The normalized spacial score (nSPS) is 14.7. The number of hydrogen-bond acceptors (Lipinski definition) is 5. The third-order valence-corrected chi connectivity index (χ3v) is 7.74. The summed E-state index contributed by atoms with van der Waals surface area (Å²) in [5, 5.41) is 16.1. The van der Waals surface area contributed by atoms with E-state index in [1.165, 1.54) is 28.0 Å². The van der Waals surface area contributed by atoms with Gasteiger partial charge in [-0.05, 0) is 54.5 Å². The van der Waals surface area contributed by atoms with Gasteiger partial charge in [-0.2, -0.15) is 5.26 Å². The van der Waals surface area contributed by atoms with Crippen LogP contribution in [-0.2, 0) is 28.9 Å². The maximum absolute atomic E-state index is 12.6. The highest BCUT2D eigenvalue weighted by Gasteiger charge is 2.24. The van der Waals surface area contributed by atoms with E-state index in [2.05, 4.69) is 23.6 Å². The van der Waals surface area contributed by atoms with Gasteiger partial charge < -0.3 is 10.6 Å². The van der Waals surface area contributed by atoms with Crippen LogP contribution in [0.5, 0.6) is 0 Å². The van der Waals surface area contributed by atoms with Crippen molar-refractivity contribution < 1.29 is 9.59 Å². The average molecular weight is 476 g/mol. The number of thioether (sulfide) groups is 1. The molecule has 5 nitrogen and oxygen atoms in total. The molecule has 1 aliphatic carbocycles. The fourth-order valence-corrected chi connectivity index (χ4v) is 6.05. The molecule has 168 valence electrons. The summed E-state index contributed by atoms with van der Waals surface area (Å²) in [7, 11) is 0. The van der Waals surface area contributed by atoms with Crippen molar-refractivity contribution in [2.45, 2.75) is 37.5 Å². The lowest BCUT2D eigenvalue weighted by Crippen LogP contribution is -2.15. The number of nitrogens with zero attached hydrogens (tertiary/aromatic N) is 1. The smallest absolute Gasteiger partial charge is 0.235 e. The van der Waals surface area contributed by atoms with Gasteiger partial charge in [0.1, 0.15) is 11.1 Å². The first kappa shape index (κ1) is 23.1. The number of fused-ring (bicyclic) bond motifs is 1. The van der Waals surface area contributed by atoms with Gasteiger partial charge in [-0.3, -0.25) is 9.59 Å². The second kappa shape index (κ2) is 10.7. The molecule has 0 fully saturated rings. The summed E-state index contributed by atoms with van der Waals surface area (Å²) in [4.78, 5) is 27.0. The van der Waals surface area contributed by atoms with Gasteiger partial charge in [0.15, 0.2) is 0 Å². The number of carbonyl (C=O) groups is 2. The molecule has 0 radical (unpaired) electrons. The molecule has 1 heterocycles. The first-order valence-corrected chi connectivity index (χ1v) is 12.7. The standard InChI is InChI=1S/C26H25N3O2S2/c1-17-10-11-21-22(15-27)26(33-23(21)12-17)29-25(31)16-32-20-9-5-8-19(14-20)28-24(30)13-18-6-3-2-4-7-18/h2-9,14,17H,10-13,16H2,1H3,(H,28,30)(H,29,31). The Morgan fingerprint density at radius 1 is 1.12 bits per heavy atom. The number of rotatable bonds is 7. The highest BCUT2D eigenvalue weighted by Crippen LogP contribution is 2.39. The molecule has 2 amide bonds. The van der Waals surface area contributed by atoms with Gasteiger partial charge in [-0.15, -0.1) is 23.1 Å². The van der Waals surface area contributed by atoms with Crippen molar-refractivity contribution >= 4 is 45.6 Å². The summed E-state index contributed by atoms with van der Waals surface area (Å²) >= 11 is 2.94. The van der Waals surface area contributed by atoms with Gasteiger partial charge in [0.05, 0.1) is 17.7 Å². The van der Waals surface area contributed by atoms with Crippen LogP contribution in [0.2, 0.25) is 0 Å². The Balaban J connectivity index is 1.33. The third kappa shape index (κ3) is 6.04. The minimum Gasteiger partial charge on any atom is -0.326 e. The van der Waals surface area contributed by atoms with E-state index in [0.717, 1.165) is 35.3 Å². The van der Waals surface area contributed by atoms with Crippen LogP contribution in [0.15, 0.2) is 59.5 Å². The van der Waals surface area contributed by atoms with E-state index >= 15 is 0 Å². The number of benzene rings is 2. The van der Waals surface area contributed by atoms with Crippen molar-refractivity contribution in [3.63, 3.8) is 0 Å². The molecule has 33 heavy (non-hydrogen) atoms. The van der Waals surface area contributed by atoms with Gasteiger partial charge in [0.2, 0.25) is 11.8 Å². The Kier molecular flexibility index (Phi) is 7.48. The van der Waals surface area contributed by atoms with Gasteiger partial charge in [-0.1, -0.05) is 43.3 Å². The zero-order valence-corrected chi connectivity index (χ0v) is 20.0. The lowest BCUT2D eigenvalue weighted by molar-refractivity contribution is -0.115. The zero-order valence-electron chi connectivity index (χ0n) is 18.4. The van der Waals surface area contributed by atoms with Gasteiger partial charge in [0, 0.05) is 15.5 Å². The summed E-state index contributed by atoms with van der Waals surface area (Å²) in [6.07, 6.45) is 3.27. The van der Waals surface area contributed by atoms with E-state index in [1.54, 1.807) is 0 Å². The molecule has 4 rings (SSSR count). The van der Waals surface area contributed by atoms with E-state index in [9.17, 15) is 14.9 Å². The molecule has 1 aliphatic rings. The summed E-state index contributed by atoms with van der Waals surface area (Å²) < 4.78 is 0. The van der Waals surface area contributed by atoms with Crippen LogP contribution in [0.4, 0.5) is 10.7 Å². The quantitative estimate of drug-likeness (QED) is 0.432. The molecule has 2 N–H and O–H groups in total. The first-order chi connectivity index (χ1) is 16.0. The number of nitriles is 1. The molecule has 1 aromatic heterocycles. The molecule has 0 spiro atoms. The molecule has 0 saturated carbocycles. The first-order valence-electron chi connectivity index (χ1n) is 10.9. The van der Waals surface area contributed by atoms with Crippen molar-refractivity contribution in [3.8, 4) is 6.07 Å². The highest BCUT2D eigenvalue weighted by molar-refractivity contribution is 8.00. The Labute approximate surface area is 202 Å². The summed E-state index contributed by atoms with van der Waals surface area (Å²) in [6.45, 7) is 2.22. The van der Waals surface area contributed by atoms with Crippen LogP contribution >= 0.6 is 23.1 Å².